The van der Waals surface area contributed by atoms with Gasteiger partial charge in [0.15, 0.2) is 5.78 Å². The van der Waals surface area contributed by atoms with Crippen LogP contribution in [0.25, 0.3) is 6.08 Å². The Morgan fingerprint density at radius 3 is 2.71 bits per heavy atom. The van der Waals surface area contributed by atoms with Gasteiger partial charge in [0.1, 0.15) is 11.5 Å². The molecular formula is C25H26N2O3S. The molecule has 0 saturated carbocycles. The monoisotopic (exact) mass is 434 g/mol. The van der Waals surface area contributed by atoms with E-state index in [4.69, 9.17) is 0 Å². The summed E-state index contributed by atoms with van der Waals surface area (Å²) in [5.41, 5.74) is 1.33. The Kier molecular flexibility index (Phi) is 5.94. The standard InChI is InChI=1S/C25H26N2O3S/c1-25(2)16-27(12-10-19-7-5-13-31-19)23(20-9-8-18(28)15-22(20)29)21(24(25)30)14-17-6-3-4-11-26-17/h3-9,11,13-15,23,28-29H,10,12,16H2,1-2H3/b21-14+. The Labute approximate surface area is 186 Å². The number of aromatic nitrogens is 1. The summed E-state index contributed by atoms with van der Waals surface area (Å²) in [6, 6.07) is 13.9. The molecule has 0 aliphatic carbocycles. The van der Waals surface area contributed by atoms with Crippen LogP contribution in [-0.2, 0) is 11.2 Å². The van der Waals surface area contributed by atoms with Gasteiger partial charge in [-0.2, -0.15) is 0 Å². The van der Waals surface area contributed by atoms with Crippen LogP contribution >= 0.6 is 11.3 Å². The number of aromatic hydroxyl groups is 2. The van der Waals surface area contributed by atoms with Crippen LogP contribution in [0.5, 0.6) is 11.5 Å². The average molecular weight is 435 g/mol. The number of benzene rings is 1. The lowest BCUT2D eigenvalue weighted by molar-refractivity contribution is -0.128. The fraction of sp³-hybridized carbons (Fsp3) is 0.280. The maximum atomic E-state index is 13.5. The predicted molar refractivity (Wildman–Crippen MR) is 123 cm³/mol. The number of likely N-dealkylation sites (tertiary alicyclic amines) is 1. The molecule has 1 aliphatic rings. The first kappa shape index (κ1) is 21.3. The summed E-state index contributed by atoms with van der Waals surface area (Å²) in [5.74, 6) is 0.0117. The van der Waals surface area contributed by atoms with Crippen molar-refractivity contribution in [1.29, 1.82) is 0 Å². The summed E-state index contributed by atoms with van der Waals surface area (Å²) in [7, 11) is 0. The number of nitrogens with zero attached hydrogens (tertiary/aromatic N) is 2. The van der Waals surface area contributed by atoms with E-state index < -0.39 is 11.5 Å². The van der Waals surface area contributed by atoms with E-state index in [2.05, 4.69) is 21.3 Å². The Morgan fingerprint density at radius 1 is 1.19 bits per heavy atom. The van der Waals surface area contributed by atoms with Crippen LogP contribution in [0.2, 0.25) is 0 Å². The molecule has 1 saturated heterocycles. The molecule has 1 aliphatic heterocycles. The molecule has 1 unspecified atom stereocenters. The van der Waals surface area contributed by atoms with Crippen molar-refractivity contribution in [2.24, 2.45) is 5.41 Å². The molecule has 0 amide bonds. The van der Waals surface area contributed by atoms with Crippen molar-refractivity contribution < 1.29 is 15.0 Å². The molecule has 31 heavy (non-hydrogen) atoms. The van der Waals surface area contributed by atoms with Crippen LogP contribution in [0.4, 0.5) is 0 Å². The molecule has 6 heteroatoms. The highest BCUT2D eigenvalue weighted by atomic mass is 32.1. The van der Waals surface area contributed by atoms with Crippen LogP contribution in [0.1, 0.15) is 36.0 Å². The lowest BCUT2D eigenvalue weighted by Gasteiger charge is -2.44. The number of ketones is 1. The largest absolute Gasteiger partial charge is 0.508 e. The number of rotatable bonds is 5. The van der Waals surface area contributed by atoms with Gasteiger partial charge in [0.25, 0.3) is 0 Å². The highest BCUT2D eigenvalue weighted by molar-refractivity contribution is 7.09. The molecular weight excluding hydrogens is 408 g/mol. The van der Waals surface area contributed by atoms with Crippen molar-refractivity contribution in [3.63, 3.8) is 0 Å². The number of hydrogen-bond acceptors (Lipinski definition) is 6. The number of piperidine rings is 1. The average Bonchev–Trinajstić information content (AvgIpc) is 3.25. The van der Waals surface area contributed by atoms with Crippen molar-refractivity contribution in [2.75, 3.05) is 13.1 Å². The maximum Gasteiger partial charge on any atom is 0.167 e. The fourth-order valence-corrected chi connectivity index (χ4v) is 4.89. The van der Waals surface area contributed by atoms with Crippen molar-refractivity contribution in [2.45, 2.75) is 26.3 Å². The number of pyridine rings is 1. The molecule has 0 bridgehead atoms. The summed E-state index contributed by atoms with van der Waals surface area (Å²) in [6.07, 6.45) is 4.39. The van der Waals surface area contributed by atoms with E-state index >= 15 is 0 Å². The minimum atomic E-state index is -0.570. The second-order valence-electron chi connectivity index (χ2n) is 8.51. The SMILES string of the molecule is CC1(C)CN(CCc2cccs2)C(c2ccc(O)cc2O)/C(=C\c2ccccn2)C1=O. The van der Waals surface area contributed by atoms with Gasteiger partial charge in [-0.1, -0.05) is 26.0 Å². The summed E-state index contributed by atoms with van der Waals surface area (Å²) >= 11 is 1.72. The van der Waals surface area contributed by atoms with Crippen LogP contribution < -0.4 is 0 Å². The van der Waals surface area contributed by atoms with Gasteiger partial charge in [-0.05, 0) is 48.2 Å². The minimum Gasteiger partial charge on any atom is -0.508 e. The Morgan fingerprint density at radius 2 is 2.03 bits per heavy atom. The summed E-state index contributed by atoms with van der Waals surface area (Å²) < 4.78 is 0. The Hall–Kier alpha value is -2.96. The summed E-state index contributed by atoms with van der Waals surface area (Å²) in [4.78, 5) is 21.5. The van der Waals surface area contributed by atoms with E-state index in [0.717, 1.165) is 13.0 Å². The lowest BCUT2D eigenvalue weighted by atomic mass is 9.74. The van der Waals surface area contributed by atoms with E-state index in [9.17, 15) is 15.0 Å². The van der Waals surface area contributed by atoms with Crippen molar-refractivity contribution in [3.05, 3.63) is 81.8 Å². The molecule has 0 spiro atoms. The normalized spacial score (nSPS) is 20.3. The van der Waals surface area contributed by atoms with E-state index in [1.807, 2.05) is 44.2 Å². The third-order valence-electron chi connectivity index (χ3n) is 5.66. The second kappa shape index (κ2) is 8.65. The van der Waals surface area contributed by atoms with Gasteiger partial charge in [0, 0.05) is 46.8 Å². The number of Topliss-reactive ketones (excluding diaryl/α,β-unsaturated/α-hetero) is 1. The van der Waals surface area contributed by atoms with Crippen molar-refractivity contribution in [3.8, 4) is 11.5 Å². The zero-order chi connectivity index (χ0) is 22.0. The van der Waals surface area contributed by atoms with Crippen LogP contribution in [0, 0.1) is 5.41 Å². The number of carbonyl (C=O) groups is 1. The number of thiophene rings is 1. The molecule has 1 fully saturated rings. The zero-order valence-corrected chi connectivity index (χ0v) is 18.5. The highest BCUT2D eigenvalue weighted by Gasteiger charge is 2.44. The number of phenols is 2. The molecule has 1 atom stereocenters. The molecule has 4 rings (SSSR count). The molecule has 2 aromatic heterocycles. The first-order chi connectivity index (χ1) is 14.8. The lowest BCUT2D eigenvalue weighted by Crippen LogP contribution is -2.49. The van der Waals surface area contributed by atoms with Gasteiger partial charge in [0.05, 0.1) is 11.7 Å². The quantitative estimate of drug-likeness (QED) is 0.563. The first-order valence-electron chi connectivity index (χ1n) is 10.3. The van der Waals surface area contributed by atoms with Gasteiger partial charge < -0.3 is 10.2 Å². The minimum absolute atomic E-state index is 0.0101. The molecule has 160 valence electrons. The molecule has 2 N–H and O–H groups in total. The number of carbonyl (C=O) groups excluding carboxylic acids is 1. The number of phenolic OH excluding ortho intramolecular Hbond substituents is 2. The number of hydrogen-bond donors (Lipinski definition) is 2. The predicted octanol–water partition coefficient (Wildman–Crippen LogP) is 4.83. The Balaban J connectivity index is 1.81. The third-order valence-corrected chi connectivity index (χ3v) is 6.60. The van der Waals surface area contributed by atoms with Gasteiger partial charge >= 0.3 is 0 Å². The van der Waals surface area contributed by atoms with Crippen molar-refractivity contribution in [1.82, 2.24) is 9.88 Å². The van der Waals surface area contributed by atoms with Gasteiger partial charge in [-0.15, -0.1) is 11.3 Å². The first-order valence-corrected chi connectivity index (χ1v) is 11.2. The van der Waals surface area contributed by atoms with Gasteiger partial charge in [0.2, 0.25) is 0 Å². The second-order valence-corrected chi connectivity index (χ2v) is 9.55. The molecule has 5 nitrogen and oxygen atoms in total. The smallest absolute Gasteiger partial charge is 0.167 e. The summed E-state index contributed by atoms with van der Waals surface area (Å²) in [6.45, 7) is 5.24. The summed E-state index contributed by atoms with van der Waals surface area (Å²) in [5, 5.41) is 22.5. The topological polar surface area (TPSA) is 73.7 Å². The van der Waals surface area contributed by atoms with Crippen LogP contribution in [0.15, 0.2) is 65.7 Å². The van der Waals surface area contributed by atoms with Gasteiger partial charge in [-0.25, -0.2) is 0 Å². The van der Waals surface area contributed by atoms with Gasteiger partial charge in [-0.3, -0.25) is 14.7 Å². The zero-order valence-electron chi connectivity index (χ0n) is 17.7. The molecule has 3 aromatic rings. The molecule has 1 aromatic carbocycles. The van der Waals surface area contributed by atoms with Crippen LogP contribution in [-0.4, -0.2) is 39.0 Å². The fourth-order valence-electron chi connectivity index (χ4n) is 4.19. The Bertz CT molecular complexity index is 1090. The third kappa shape index (κ3) is 4.55. The maximum absolute atomic E-state index is 13.5. The van der Waals surface area contributed by atoms with Crippen molar-refractivity contribution >= 4 is 23.2 Å². The highest BCUT2D eigenvalue weighted by Crippen LogP contribution is 2.44. The molecule has 3 heterocycles. The molecule has 0 radical (unpaired) electrons. The van der Waals surface area contributed by atoms with E-state index in [1.54, 1.807) is 29.7 Å². The van der Waals surface area contributed by atoms with Crippen LogP contribution in [0.3, 0.4) is 0 Å². The van der Waals surface area contributed by atoms with E-state index in [1.165, 1.54) is 10.9 Å². The van der Waals surface area contributed by atoms with E-state index in [-0.39, 0.29) is 17.3 Å². The van der Waals surface area contributed by atoms with E-state index in [0.29, 0.717) is 23.4 Å².